The summed E-state index contributed by atoms with van der Waals surface area (Å²) in [5, 5.41) is 11.8. The number of hydrogen-bond donors (Lipinski definition) is 1. The van der Waals surface area contributed by atoms with Gasteiger partial charge in [-0.25, -0.2) is 14.8 Å². The molecule has 1 amide bonds. The maximum atomic E-state index is 12.4. The first-order valence-electron chi connectivity index (χ1n) is 6.86. The van der Waals surface area contributed by atoms with Crippen molar-refractivity contribution in [3.8, 4) is 6.07 Å². The summed E-state index contributed by atoms with van der Waals surface area (Å²) in [5.74, 6) is -1.03. The molecule has 0 aliphatic heterocycles. The molecule has 1 N–H and O–H groups in total. The van der Waals surface area contributed by atoms with Crippen molar-refractivity contribution in [3.05, 3.63) is 59.8 Å². The summed E-state index contributed by atoms with van der Waals surface area (Å²) < 4.78 is 6.09. The van der Waals surface area contributed by atoms with Gasteiger partial charge in [-0.15, -0.1) is 0 Å². The number of imidazole rings is 1. The topological polar surface area (TPSA) is 109 Å². The standard InChI is InChI=1S/C16H11N5O3/c1-24-16(23)12-8-21-9-18-11(7-17)13(21)14(19-12)20-15(22)10-5-3-2-4-6-10/h2-6,8-9H,1H3,(H,19,20,22). The van der Waals surface area contributed by atoms with Gasteiger partial charge in [0.25, 0.3) is 5.91 Å². The van der Waals surface area contributed by atoms with E-state index >= 15 is 0 Å². The third kappa shape index (κ3) is 2.66. The van der Waals surface area contributed by atoms with E-state index in [4.69, 9.17) is 5.26 Å². The Balaban J connectivity index is 2.10. The van der Waals surface area contributed by atoms with E-state index in [9.17, 15) is 9.59 Å². The van der Waals surface area contributed by atoms with Crippen LogP contribution in [0.15, 0.2) is 42.9 Å². The third-order valence-corrected chi connectivity index (χ3v) is 3.28. The van der Waals surface area contributed by atoms with E-state index in [-0.39, 0.29) is 17.2 Å². The molecule has 0 unspecified atom stereocenters. The number of nitrogens with zero attached hydrogens (tertiary/aromatic N) is 4. The van der Waals surface area contributed by atoms with Crippen molar-refractivity contribution in [2.24, 2.45) is 0 Å². The Morgan fingerprint density at radius 2 is 2.04 bits per heavy atom. The van der Waals surface area contributed by atoms with Gasteiger partial charge in [-0.05, 0) is 12.1 Å². The number of rotatable bonds is 3. The Morgan fingerprint density at radius 1 is 1.29 bits per heavy atom. The number of fused-ring (bicyclic) bond motifs is 1. The van der Waals surface area contributed by atoms with Gasteiger partial charge < -0.3 is 10.1 Å². The summed E-state index contributed by atoms with van der Waals surface area (Å²) in [6.07, 6.45) is 2.74. The number of esters is 1. The van der Waals surface area contributed by atoms with Crippen molar-refractivity contribution in [1.82, 2.24) is 14.4 Å². The fraction of sp³-hybridized carbons (Fsp3) is 0.0625. The number of amides is 1. The lowest BCUT2D eigenvalue weighted by Gasteiger charge is -2.08. The van der Waals surface area contributed by atoms with Crippen LogP contribution in [0.3, 0.4) is 0 Å². The lowest BCUT2D eigenvalue weighted by molar-refractivity contribution is 0.0593. The van der Waals surface area contributed by atoms with Crippen LogP contribution in [0.1, 0.15) is 26.5 Å². The van der Waals surface area contributed by atoms with Gasteiger partial charge in [0, 0.05) is 11.8 Å². The van der Waals surface area contributed by atoms with Gasteiger partial charge in [-0.2, -0.15) is 5.26 Å². The molecule has 0 bridgehead atoms. The van der Waals surface area contributed by atoms with Crippen LogP contribution in [0.2, 0.25) is 0 Å². The molecule has 3 aromatic rings. The summed E-state index contributed by atoms with van der Waals surface area (Å²) in [6.45, 7) is 0. The second kappa shape index (κ2) is 6.18. The first kappa shape index (κ1) is 15.2. The van der Waals surface area contributed by atoms with E-state index in [1.807, 2.05) is 6.07 Å². The van der Waals surface area contributed by atoms with E-state index < -0.39 is 11.9 Å². The van der Waals surface area contributed by atoms with Crippen LogP contribution in [0, 0.1) is 11.3 Å². The van der Waals surface area contributed by atoms with Crippen molar-refractivity contribution < 1.29 is 14.3 Å². The summed E-state index contributed by atoms with van der Waals surface area (Å²) in [7, 11) is 1.23. The van der Waals surface area contributed by atoms with Gasteiger partial charge in [0.1, 0.15) is 17.9 Å². The molecule has 0 spiro atoms. The highest BCUT2D eigenvalue weighted by Crippen LogP contribution is 2.20. The number of benzene rings is 1. The fourth-order valence-corrected chi connectivity index (χ4v) is 2.17. The van der Waals surface area contributed by atoms with Gasteiger partial charge in [0.2, 0.25) is 0 Å². The normalized spacial score (nSPS) is 10.2. The Labute approximate surface area is 136 Å². The van der Waals surface area contributed by atoms with Crippen LogP contribution in [0.5, 0.6) is 0 Å². The molecule has 2 heterocycles. The predicted octanol–water partition coefficient (Wildman–Crippen LogP) is 1.64. The fourth-order valence-electron chi connectivity index (χ4n) is 2.17. The Morgan fingerprint density at radius 3 is 2.71 bits per heavy atom. The van der Waals surface area contributed by atoms with E-state index in [0.29, 0.717) is 11.1 Å². The number of anilines is 1. The number of carbonyl (C=O) groups excluding carboxylic acids is 2. The largest absolute Gasteiger partial charge is 0.464 e. The summed E-state index contributed by atoms with van der Waals surface area (Å²) in [5.41, 5.74) is 0.783. The zero-order chi connectivity index (χ0) is 17.1. The third-order valence-electron chi connectivity index (χ3n) is 3.28. The maximum absolute atomic E-state index is 12.4. The number of hydrogen-bond acceptors (Lipinski definition) is 6. The first-order chi connectivity index (χ1) is 11.6. The van der Waals surface area contributed by atoms with Crippen LogP contribution < -0.4 is 5.32 Å². The Kier molecular flexibility index (Phi) is 3.91. The second-order valence-corrected chi connectivity index (χ2v) is 4.75. The molecule has 118 valence electrons. The number of carbonyl (C=O) groups is 2. The molecule has 24 heavy (non-hydrogen) atoms. The van der Waals surface area contributed by atoms with E-state index in [0.717, 1.165) is 0 Å². The Bertz CT molecular complexity index is 973. The van der Waals surface area contributed by atoms with Crippen molar-refractivity contribution in [2.45, 2.75) is 0 Å². The van der Waals surface area contributed by atoms with Crippen molar-refractivity contribution >= 4 is 23.2 Å². The zero-order valence-electron chi connectivity index (χ0n) is 12.6. The van der Waals surface area contributed by atoms with Crippen LogP contribution in [-0.4, -0.2) is 33.4 Å². The van der Waals surface area contributed by atoms with E-state index in [1.165, 1.54) is 24.0 Å². The zero-order valence-corrected chi connectivity index (χ0v) is 12.6. The molecule has 0 atom stereocenters. The molecule has 8 heteroatoms. The summed E-state index contributed by atoms with van der Waals surface area (Å²) >= 11 is 0. The molecule has 1 aromatic carbocycles. The SMILES string of the molecule is COC(=O)c1cn2cnc(C#N)c2c(NC(=O)c2ccccc2)n1. The van der Waals surface area contributed by atoms with Crippen molar-refractivity contribution in [3.63, 3.8) is 0 Å². The number of methoxy groups -OCH3 is 1. The van der Waals surface area contributed by atoms with Crippen LogP contribution in [0.25, 0.3) is 5.52 Å². The molecule has 0 saturated heterocycles. The smallest absolute Gasteiger partial charge is 0.358 e. The van der Waals surface area contributed by atoms with Crippen LogP contribution >= 0.6 is 0 Å². The molecular weight excluding hydrogens is 310 g/mol. The maximum Gasteiger partial charge on any atom is 0.358 e. The predicted molar refractivity (Wildman–Crippen MR) is 83.4 cm³/mol. The minimum Gasteiger partial charge on any atom is -0.464 e. The van der Waals surface area contributed by atoms with Gasteiger partial charge >= 0.3 is 5.97 Å². The molecule has 2 aromatic heterocycles. The van der Waals surface area contributed by atoms with Gasteiger partial charge in [-0.3, -0.25) is 9.20 Å². The monoisotopic (exact) mass is 321 g/mol. The minimum atomic E-state index is -0.667. The number of nitriles is 1. The van der Waals surface area contributed by atoms with Gasteiger partial charge in [0.15, 0.2) is 17.2 Å². The molecule has 8 nitrogen and oxygen atoms in total. The average molecular weight is 321 g/mol. The second-order valence-electron chi connectivity index (χ2n) is 4.75. The molecule has 0 saturated carbocycles. The minimum absolute atomic E-state index is 0.0183. The highest BCUT2D eigenvalue weighted by atomic mass is 16.5. The molecule has 0 radical (unpaired) electrons. The highest BCUT2D eigenvalue weighted by molar-refractivity contribution is 6.06. The lowest BCUT2D eigenvalue weighted by Crippen LogP contribution is -2.16. The summed E-state index contributed by atoms with van der Waals surface area (Å²) in [4.78, 5) is 32.1. The quantitative estimate of drug-likeness (QED) is 0.734. The van der Waals surface area contributed by atoms with Crippen molar-refractivity contribution in [1.29, 1.82) is 5.26 Å². The number of nitrogens with one attached hydrogen (secondary N) is 1. The average Bonchev–Trinajstić information content (AvgIpc) is 3.05. The molecule has 0 fully saturated rings. The molecular formula is C16H11N5O3. The van der Waals surface area contributed by atoms with Crippen molar-refractivity contribution in [2.75, 3.05) is 12.4 Å². The lowest BCUT2D eigenvalue weighted by atomic mass is 10.2. The summed E-state index contributed by atoms with van der Waals surface area (Å²) in [6, 6.07) is 10.4. The first-order valence-corrected chi connectivity index (χ1v) is 6.86. The Hall–Kier alpha value is -3.73. The molecule has 0 aliphatic carbocycles. The number of aromatic nitrogens is 3. The molecule has 0 aliphatic rings. The van der Waals surface area contributed by atoms with E-state index in [1.54, 1.807) is 30.3 Å². The van der Waals surface area contributed by atoms with E-state index in [2.05, 4.69) is 20.0 Å². The molecule has 3 rings (SSSR count). The van der Waals surface area contributed by atoms with Crippen LogP contribution in [-0.2, 0) is 4.74 Å². The highest BCUT2D eigenvalue weighted by Gasteiger charge is 2.18. The number of ether oxygens (including phenoxy) is 1. The van der Waals surface area contributed by atoms with Gasteiger partial charge in [0.05, 0.1) is 7.11 Å². The van der Waals surface area contributed by atoms with Crippen LogP contribution in [0.4, 0.5) is 5.82 Å². The van der Waals surface area contributed by atoms with Gasteiger partial charge in [-0.1, -0.05) is 18.2 Å².